The highest BCUT2D eigenvalue weighted by Crippen LogP contribution is 2.12. The van der Waals surface area contributed by atoms with Gasteiger partial charge in [-0.3, -0.25) is 0 Å². The van der Waals surface area contributed by atoms with Crippen molar-refractivity contribution in [3.63, 3.8) is 0 Å². The van der Waals surface area contributed by atoms with Gasteiger partial charge in [-0.05, 0) is 18.3 Å². The molecule has 0 N–H and O–H groups in total. The molecule has 0 heteroatoms. The molecule has 0 spiro atoms. The van der Waals surface area contributed by atoms with E-state index in [1.165, 1.54) is 44.9 Å². The standard InChI is InChI=1S/C8H18.C7H16/c1-5-8(4)6-7(2)3;1-3-5-7-6-4-2/h7-8H,5-6H2,1-4H3;3-7H2,1-2H3. The van der Waals surface area contributed by atoms with Crippen molar-refractivity contribution < 1.29 is 0 Å². The SMILES string of the molecule is CCC(C)CC(C)C.CCCCCCC. The van der Waals surface area contributed by atoms with Gasteiger partial charge in [0, 0.05) is 0 Å². The molecule has 0 saturated carbocycles. The summed E-state index contributed by atoms with van der Waals surface area (Å²) in [6.07, 6.45) is 9.73. The van der Waals surface area contributed by atoms with Crippen LogP contribution in [0.15, 0.2) is 0 Å². The van der Waals surface area contributed by atoms with E-state index in [4.69, 9.17) is 0 Å². The van der Waals surface area contributed by atoms with Gasteiger partial charge in [0.05, 0.1) is 0 Å². The highest BCUT2D eigenvalue weighted by atomic mass is 14.1. The number of hydrogen-bond donors (Lipinski definition) is 0. The minimum Gasteiger partial charge on any atom is -0.0654 e. The van der Waals surface area contributed by atoms with Crippen LogP contribution in [0.1, 0.15) is 86.5 Å². The fourth-order valence-corrected chi connectivity index (χ4v) is 1.65. The van der Waals surface area contributed by atoms with E-state index in [1.54, 1.807) is 0 Å². The first-order chi connectivity index (χ1) is 7.08. The minimum absolute atomic E-state index is 0.880. The predicted molar refractivity (Wildman–Crippen MR) is 73.3 cm³/mol. The van der Waals surface area contributed by atoms with E-state index >= 15 is 0 Å². The van der Waals surface area contributed by atoms with Crippen LogP contribution in [-0.2, 0) is 0 Å². The first kappa shape index (κ1) is 17.4. The maximum absolute atomic E-state index is 2.32. The number of rotatable bonds is 7. The maximum Gasteiger partial charge on any atom is -0.0443 e. The Kier molecular flexibility index (Phi) is 16.2. The Morgan fingerprint density at radius 2 is 1.20 bits per heavy atom. The second-order valence-electron chi connectivity index (χ2n) is 5.20. The van der Waals surface area contributed by atoms with Crippen LogP contribution in [0.2, 0.25) is 0 Å². The van der Waals surface area contributed by atoms with Crippen LogP contribution in [0.3, 0.4) is 0 Å². The van der Waals surface area contributed by atoms with Crippen molar-refractivity contribution in [1.82, 2.24) is 0 Å². The molecule has 0 aromatic heterocycles. The van der Waals surface area contributed by atoms with Crippen LogP contribution >= 0.6 is 0 Å². The third-order valence-electron chi connectivity index (χ3n) is 2.78. The average molecular weight is 214 g/mol. The van der Waals surface area contributed by atoms with E-state index in [1.807, 2.05) is 0 Å². The van der Waals surface area contributed by atoms with Crippen LogP contribution in [-0.4, -0.2) is 0 Å². The predicted octanol–water partition coefficient (Wildman–Crippen LogP) is 6.06. The van der Waals surface area contributed by atoms with Crippen LogP contribution < -0.4 is 0 Å². The van der Waals surface area contributed by atoms with Gasteiger partial charge in [0.15, 0.2) is 0 Å². The fourth-order valence-electron chi connectivity index (χ4n) is 1.65. The van der Waals surface area contributed by atoms with Gasteiger partial charge in [-0.25, -0.2) is 0 Å². The quantitative estimate of drug-likeness (QED) is 0.452. The molecule has 0 aliphatic rings. The van der Waals surface area contributed by atoms with Crippen molar-refractivity contribution in [2.75, 3.05) is 0 Å². The molecule has 0 amide bonds. The zero-order valence-corrected chi connectivity index (χ0v) is 12.1. The Labute approximate surface area is 98.9 Å². The molecule has 0 radical (unpaired) electrons. The molecule has 15 heavy (non-hydrogen) atoms. The molecule has 94 valence electrons. The van der Waals surface area contributed by atoms with Crippen molar-refractivity contribution in [3.05, 3.63) is 0 Å². The third-order valence-corrected chi connectivity index (χ3v) is 2.78. The van der Waals surface area contributed by atoms with Gasteiger partial charge in [0.1, 0.15) is 0 Å². The van der Waals surface area contributed by atoms with Crippen LogP contribution in [0, 0.1) is 11.8 Å². The molecule has 0 bridgehead atoms. The smallest absolute Gasteiger partial charge is 0.0443 e. The van der Waals surface area contributed by atoms with Crippen molar-refractivity contribution in [1.29, 1.82) is 0 Å². The molecule has 0 fully saturated rings. The lowest BCUT2D eigenvalue weighted by Gasteiger charge is -2.09. The van der Waals surface area contributed by atoms with Gasteiger partial charge < -0.3 is 0 Å². The molecule has 0 rings (SSSR count). The van der Waals surface area contributed by atoms with Crippen molar-refractivity contribution >= 4 is 0 Å². The number of hydrogen-bond acceptors (Lipinski definition) is 0. The lowest BCUT2D eigenvalue weighted by molar-refractivity contribution is 0.429. The monoisotopic (exact) mass is 214 g/mol. The Bertz CT molecular complexity index is 90.2. The van der Waals surface area contributed by atoms with Gasteiger partial charge in [-0.2, -0.15) is 0 Å². The lowest BCUT2D eigenvalue weighted by Crippen LogP contribution is -1.97. The average Bonchev–Trinajstić information content (AvgIpc) is 2.18. The van der Waals surface area contributed by atoms with E-state index in [2.05, 4.69) is 41.5 Å². The summed E-state index contributed by atoms with van der Waals surface area (Å²) in [6.45, 7) is 13.6. The normalized spacial score (nSPS) is 12.2. The first-order valence-electron chi connectivity index (χ1n) is 7.08. The van der Waals surface area contributed by atoms with Crippen molar-refractivity contribution in [2.24, 2.45) is 11.8 Å². The van der Waals surface area contributed by atoms with Gasteiger partial charge in [0.25, 0.3) is 0 Å². The molecular weight excluding hydrogens is 180 g/mol. The first-order valence-corrected chi connectivity index (χ1v) is 7.08. The molecule has 0 aromatic carbocycles. The second kappa shape index (κ2) is 14.0. The Hall–Kier alpha value is 0. The summed E-state index contributed by atoms with van der Waals surface area (Å²) >= 11 is 0. The van der Waals surface area contributed by atoms with Gasteiger partial charge in [0.2, 0.25) is 0 Å². The molecular formula is C15H34. The summed E-state index contributed by atoms with van der Waals surface area (Å²) in [5, 5.41) is 0. The molecule has 1 atom stereocenters. The van der Waals surface area contributed by atoms with Gasteiger partial charge >= 0.3 is 0 Å². The van der Waals surface area contributed by atoms with E-state index in [-0.39, 0.29) is 0 Å². The summed E-state index contributed by atoms with van der Waals surface area (Å²) in [6, 6.07) is 0. The highest BCUT2D eigenvalue weighted by Gasteiger charge is 2.00. The largest absolute Gasteiger partial charge is 0.0654 e. The van der Waals surface area contributed by atoms with Crippen LogP contribution in [0.25, 0.3) is 0 Å². The Morgan fingerprint density at radius 3 is 1.40 bits per heavy atom. The Morgan fingerprint density at radius 1 is 0.733 bits per heavy atom. The maximum atomic E-state index is 2.32. The third kappa shape index (κ3) is 20.2. The van der Waals surface area contributed by atoms with Crippen LogP contribution in [0.5, 0.6) is 0 Å². The second-order valence-corrected chi connectivity index (χ2v) is 5.20. The van der Waals surface area contributed by atoms with Gasteiger partial charge in [-0.1, -0.05) is 80.1 Å². The van der Waals surface area contributed by atoms with E-state index in [0.717, 1.165) is 11.8 Å². The van der Waals surface area contributed by atoms with Gasteiger partial charge in [-0.15, -0.1) is 0 Å². The van der Waals surface area contributed by atoms with Crippen LogP contribution in [0.4, 0.5) is 0 Å². The molecule has 0 saturated heterocycles. The summed E-state index contributed by atoms with van der Waals surface area (Å²) in [5.41, 5.74) is 0. The zero-order chi connectivity index (χ0) is 12.1. The zero-order valence-electron chi connectivity index (χ0n) is 12.1. The molecule has 0 aromatic rings. The summed E-state index contributed by atoms with van der Waals surface area (Å²) in [5.74, 6) is 1.81. The molecule has 0 aliphatic carbocycles. The highest BCUT2D eigenvalue weighted by molar-refractivity contribution is 4.52. The molecule has 0 heterocycles. The lowest BCUT2D eigenvalue weighted by atomic mass is 9.97. The summed E-state index contributed by atoms with van der Waals surface area (Å²) < 4.78 is 0. The molecule has 0 aliphatic heterocycles. The van der Waals surface area contributed by atoms with E-state index in [9.17, 15) is 0 Å². The molecule has 0 nitrogen and oxygen atoms in total. The van der Waals surface area contributed by atoms with Crippen molar-refractivity contribution in [2.45, 2.75) is 86.5 Å². The van der Waals surface area contributed by atoms with E-state index < -0.39 is 0 Å². The van der Waals surface area contributed by atoms with E-state index in [0.29, 0.717) is 0 Å². The summed E-state index contributed by atoms with van der Waals surface area (Å²) in [7, 11) is 0. The summed E-state index contributed by atoms with van der Waals surface area (Å²) in [4.78, 5) is 0. The Balaban J connectivity index is 0. The molecule has 1 unspecified atom stereocenters. The number of unbranched alkanes of at least 4 members (excludes halogenated alkanes) is 4. The fraction of sp³-hybridized carbons (Fsp3) is 1.00. The topological polar surface area (TPSA) is 0 Å². The minimum atomic E-state index is 0.880. The van der Waals surface area contributed by atoms with Crippen molar-refractivity contribution in [3.8, 4) is 0 Å².